The van der Waals surface area contributed by atoms with Crippen molar-refractivity contribution in [1.29, 1.82) is 0 Å². The quantitative estimate of drug-likeness (QED) is 0.457. The maximum atomic E-state index is 10.8. The van der Waals surface area contributed by atoms with Crippen molar-refractivity contribution < 1.29 is 4.79 Å². The number of nitrogens with zero attached hydrogens (tertiary/aromatic N) is 3. The number of rotatable bonds is 1. The number of amides is 2. The van der Waals surface area contributed by atoms with Crippen LogP contribution in [0.3, 0.4) is 0 Å². The third-order valence-corrected chi connectivity index (χ3v) is 1.70. The molecule has 0 aliphatic rings. The monoisotopic (exact) mass is 240 g/mol. The number of hydrogen-bond donors (Lipinski definition) is 1. The largest absolute Gasteiger partial charge is 0.320 e. The molecule has 66 valence electrons. The van der Waals surface area contributed by atoms with Crippen LogP contribution >= 0.6 is 15.9 Å². The summed E-state index contributed by atoms with van der Waals surface area (Å²) < 4.78 is 0.839. The van der Waals surface area contributed by atoms with Crippen molar-refractivity contribution in [3.05, 3.63) is 39.2 Å². The number of hydrogen-bond acceptors (Lipinski definition) is 1. The Bertz CT molecular complexity index is 373. The predicted octanol–water partition coefficient (Wildman–Crippen LogP) is 3.29. The van der Waals surface area contributed by atoms with Crippen LogP contribution in [0, 0.1) is 0 Å². The minimum absolute atomic E-state index is 0.576. The van der Waals surface area contributed by atoms with Gasteiger partial charge in [-0.1, -0.05) is 22.0 Å². The Morgan fingerprint density at radius 1 is 1.62 bits per heavy atom. The van der Waals surface area contributed by atoms with Gasteiger partial charge in [0.15, 0.2) is 0 Å². The summed E-state index contributed by atoms with van der Waals surface area (Å²) in [5.41, 5.74) is 8.53. The highest BCUT2D eigenvalue weighted by molar-refractivity contribution is 9.10. The SMILES string of the molecule is [N-]=[N+]=NC(=O)Nc1cccc(Br)c1. The highest BCUT2D eigenvalue weighted by Gasteiger charge is 1.97. The van der Waals surface area contributed by atoms with Gasteiger partial charge in [-0.05, 0) is 23.7 Å². The molecule has 6 heteroatoms. The van der Waals surface area contributed by atoms with Gasteiger partial charge in [-0.3, -0.25) is 4.79 Å². The zero-order chi connectivity index (χ0) is 9.68. The number of urea groups is 1. The fourth-order valence-electron chi connectivity index (χ4n) is 0.755. The normalized spacial score (nSPS) is 8.69. The average Bonchev–Trinajstić information content (AvgIpc) is 2.04. The summed E-state index contributed by atoms with van der Waals surface area (Å²) in [7, 11) is 0. The topological polar surface area (TPSA) is 77.9 Å². The van der Waals surface area contributed by atoms with Crippen LogP contribution in [0.2, 0.25) is 0 Å². The van der Waals surface area contributed by atoms with Crippen LogP contribution in [0.5, 0.6) is 0 Å². The molecule has 2 amide bonds. The third kappa shape index (κ3) is 3.14. The Morgan fingerprint density at radius 3 is 3.00 bits per heavy atom. The van der Waals surface area contributed by atoms with Gasteiger partial charge in [-0.15, -0.1) is 0 Å². The molecule has 1 rings (SSSR count). The van der Waals surface area contributed by atoms with Gasteiger partial charge in [-0.25, -0.2) is 0 Å². The molecule has 0 bridgehead atoms. The first-order valence-electron chi connectivity index (χ1n) is 3.34. The second-order valence-corrected chi connectivity index (χ2v) is 3.05. The maximum Gasteiger partial charge on any atom is 0.312 e. The second kappa shape index (κ2) is 4.49. The highest BCUT2D eigenvalue weighted by atomic mass is 79.9. The fourth-order valence-corrected chi connectivity index (χ4v) is 1.15. The smallest absolute Gasteiger partial charge is 0.312 e. The zero-order valence-electron chi connectivity index (χ0n) is 6.44. The van der Waals surface area contributed by atoms with Crippen molar-refractivity contribution in [1.82, 2.24) is 0 Å². The van der Waals surface area contributed by atoms with Crippen LogP contribution < -0.4 is 5.32 Å². The summed E-state index contributed by atoms with van der Waals surface area (Å²) in [4.78, 5) is 13.1. The Morgan fingerprint density at radius 2 is 2.38 bits per heavy atom. The standard InChI is InChI=1S/C7H5BrN4O/c8-5-2-1-3-6(4-5)10-7(13)11-12-9/h1-4H,(H,10,13). The molecule has 0 aliphatic carbocycles. The first kappa shape index (κ1) is 9.57. The summed E-state index contributed by atoms with van der Waals surface area (Å²) in [5.74, 6) is 0. The van der Waals surface area contributed by atoms with E-state index in [0.717, 1.165) is 4.47 Å². The lowest BCUT2D eigenvalue weighted by Crippen LogP contribution is -2.04. The van der Waals surface area contributed by atoms with Crippen molar-refractivity contribution in [2.24, 2.45) is 5.11 Å². The van der Waals surface area contributed by atoms with Crippen molar-refractivity contribution in [2.75, 3.05) is 5.32 Å². The van der Waals surface area contributed by atoms with E-state index in [9.17, 15) is 4.79 Å². The molecule has 0 saturated carbocycles. The van der Waals surface area contributed by atoms with Crippen LogP contribution in [0.15, 0.2) is 33.9 Å². The van der Waals surface area contributed by atoms with Crippen molar-refractivity contribution >= 4 is 27.6 Å². The summed E-state index contributed by atoms with van der Waals surface area (Å²) in [6.45, 7) is 0. The van der Waals surface area contributed by atoms with Gasteiger partial charge in [0.1, 0.15) is 0 Å². The molecule has 1 aromatic rings. The van der Waals surface area contributed by atoms with Gasteiger partial charge in [0.05, 0.1) is 0 Å². The minimum atomic E-state index is -0.722. The van der Waals surface area contributed by atoms with E-state index in [1.54, 1.807) is 18.2 Å². The fraction of sp³-hybridized carbons (Fsp3) is 0. The van der Waals surface area contributed by atoms with Crippen molar-refractivity contribution in [3.63, 3.8) is 0 Å². The van der Waals surface area contributed by atoms with E-state index in [4.69, 9.17) is 5.53 Å². The highest BCUT2D eigenvalue weighted by Crippen LogP contribution is 2.15. The van der Waals surface area contributed by atoms with Gasteiger partial charge in [0, 0.05) is 20.2 Å². The van der Waals surface area contributed by atoms with Crippen molar-refractivity contribution in [3.8, 4) is 0 Å². The first-order valence-corrected chi connectivity index (χ1v) is 4.13. The third-order valence-electron chi connectivity index (χ3n) is 1.21. The van der Waals surface area contributed by atoms with Gasteiger partial charge in [0.2, 0.25) is 0 Å². The molecule has 0 heterocycles. The Labute approximate surface area is 82.5 Å². The molecular weight excluding hydrogens is 236 g/mol. The number of anilines is 1. The number of halogens is 1. The number of benzene rings is 1. The van der Waals surface area contributed by atoms with E-state index in [2.05, 4.69) is 31.3 Å². The van der Waals surface area contributed by atoms with Gasteiger partial charge < -0.3 is 5.32 Å². The predicted molar refractivity (Wildman–Crippen MR) is 52.3 cm³/mol. The number of nitrogens with one attached hydrogen (secondary N) is 1. The van der Waals surface area contributed by atoms with Crippen LogP contribution in [-0.2, 0) is 0 Å². The van der Waals surface area contributed by atoms with Gasteiger partial charge in [-0.2, -0.15) is 0 Å². The summed E-state index contributed by atoms with van der Waals surface area (Å²) in [6.07, 6.45) is 0. The van der Waals surface area contributed by atoms with Gasteiger partial charge >= 0.3 is 6.03 Å². The summed E-state index contributed by atoms with van der Waals surface area (Å²) in [5, 5.41) is 5.26. The molecule has 0 fully saturated rings. The lowest BCUT2D eigenvalue weighted by Gasteiger charge is -2.00. The second-order valence-electron chi connectivity index (χ2n) is 2.13. The van der Waals surface area contributed by atoms with Crippen molar-refractivity contribution in [2.45, 2.75) is 0 Å². The molecule has 0 spiro atoms. The molecule has 0 aromatic heterocycles. The molecule has 1 aromatic carbocycles. The summed E-state index contributed by atoms with van der Waals surface area (Å²) in [6, 6.07) is 6.25. The number of carbonyl (C=O) groups excluding carboxylic acids is 1. The molecule has 0 atom stereocenters. The molecule has 0 saturated heterocycles. The summed E-state index contributed by atoms with van der Waals surface area (Å²) >= 11 is 3.24. The van der Waals surface area contributed by atoms with E-state index < -0.39 is 6.03 Å². The molecule has 0 radical (unpaired) electrons. The maximum absolute atomic E-state index is 10.8. The number of carbonyl (C=O) groups is 1. The lowest BCUT2D eigenvalue weighted by molar-refractivity contribution is 0.259. The molecule has 13 heavy (non-hydrogen) atoms. The lowest BCUT2D eigenvalue weighted by atomic mass is 10.3. The van der Waals surface area contributed by atoms with E-state index in [0.29, 0.717) is 5.69 Å². The van der Waals surface area contributed by atoms with Crippen LogP contribution in [0.25, 0.3) is 10.4 Å². The Kier molecular flexibility index (Phi) is 3.31. The Hall–Kier alpha value is -1.52. The first-order chi connectivity index (χ1) is 6.22. The molecule has 5 nitrogen and oxygen atoms in total. The van der Waals surface area contributed by atoms with Gasteiger partial charge in [0.25, 0.3) is 0 Å². The van der Waals surface area contributed by atoms with E-state index in [1.165, 1.54) is 0 Å². The van der Waals surface area contributed by atoms with Crippen LogP contribution in [0.4, 0.5) is 10.5 Å². The number of azide groups is 1. The molecule has 1 N–H and O–H groups in total. The van der Waals surface area contributed by atoms with Crippen LogP contribution in [-0.4, -0.2) is 6.03 Å². The van der Waals surface area contributed by atoms with E-state index >= 15 is 0 Å². The van der Waals surface area contributed by atoms with E-state index in [-0.39, 0.29) is 0 Å². The van der Waals surface area contributed by atoms with Crippen LogP contribution in [0.1, 0.15) is 0 Å². The molecular formula is C7H5BrN4O. The molecule has 0 unspecified atom stereocenters. The molecule has 0 aliphatic heterocycles. The minimum Gasteiger partial charge on any atom is -0.320 e. The zero-order valence-corrected chi connectivity index (χ0v) is 8.02. The van der Waals surface area contributed by atoms with E-state index in [1.807, 2.05) is 6.07 Å². The average molecular weight is 241 g/mol. The Balaban J connectivity index is 2.74.